The van der Waals surface area contributed by atoms with Gasteiger partial charge in [-0.2, -0.15) is 0 Å². The van der Waals surface area contributed by atoms with E-state index in [1.807, 2.05) is 0 Å². The van der Waals surface area contributed by atoms with Crippen LogP contribution in [0.25, 0.3) is 0 Å². The Bertz CT molecular complexity index is 188. The Kier molecular flexibility index (Phi) is 6.54. The van der Waals surface area contributed by atoms with E-state index in [-0.39, 0.29) is 0 Å². The molecule has 0 bridgehead atoms. The summed E-state index contributed by atoms with van der Waals surface area (Å²) in [6, 6.07) is 1.52. The van der Waals surface area contributed by atoms with Crippen LogP contribution in [-0.4, -0.2) is 12.1 Å². The maximum Gasteiger partial charge on any atom is 0.00699 e. The lowest BCUT2D eigenvalue weighted by atomic mass is 9.75. The van der Waals surface area contributed by atoms with Crippen LogP contribution in [0.4, 0.5) is 0 Å². The van der Waals surface area contributed by atoms with Crippen molar-refractivity contribution >= 4 is 0 Å². The molecule has 0 spiro atoms. The zero-order valence-electron chi connectivity index (χ0n) is 12.5. The second-order valence-electron chi connectivity index (χ2n) is 6.86. The molecule has 0 aliphatic heterocycles. The molecule has 1 rings (SSSR count). The maximum absolute atomic E-state index is 3.83. The van der Waals surface area contributed by atoms with Gasteiger partial charge in [0.25, 0.3) is 0 Å². The van der Waals surface area contributed by atoms with E-state index in [1.54, 1.807) is 0 Å². The van der Waals surface area contributed by atoms with Gasteiger partial charge in [0, 0.05) is 12.1 Å². The molecule has 1 fully saturated rings. The molecule has 102 valence electrons. The maximum atomic E-state index is 3.83. The van der Waals surface area contributed by atoms with E-state index in [4.69, 9.17) is 0 Å². The first-order chi connectivity index (χ1) is 8.03. The molecule has 1 unspecified atom stereocenters. The Labute approximate surface area is 109 Å². The molecule has 1 aliphatic carbocycles. The molecule has 0 aromatic carbocycles. The smallest absolute Gasteiger partial charge is 0.00699 e. The quantitative estimate of drug-likeness (QED) is 0.623. The predicted molar refractivity (Wildman–Crippen MR) is 77.4 cm³/mol. The van der Waals surface area contributed by atoms with Gasteiger partial charge >= 0.3 is 0 Å². The fraction of sp³-hybridized carbons (Fsp3) is 1.00. The van der Waals surface area contributed by atoms with Crippen LogP contribution in [0.3, 0.4) is 0 Å². The highest BCUT2D eigenvalue weighted by atomic mass is 14.9. The monoisotopic (exact) mass is 239 g/mol. The minimum absolute atomic E-state index is 0.600. The molecule has 1 nitrogen and oxygen atoms in total. The van der Waals surface area contributed by atoms with Gasteiger partial charge < -0.3 is 5.32 Å². The van der Waals surface area contributed by atoms with Gasteiger partial charge in [-0.3, -0.25) is 0 Å². The Balaban J connectivity index is 2.08. The lowest BCUT2D eigenvalue weighted by molar-refractivity contribution is 0.198. The largest absolute Gasteiger partial charge is 0.312 e. The van der Waals surface area contributed by atoms with Crippen LogP contribution in [0, 0.1) is 5.41 Å². The molecule has 1 aliphatic rings. The molecule has 1 saturated carbocycles. The van der Waals surface area contributed by atoms with Gasteiger partial charge in [-0.15, -0.1) is 0 Å². The lowest BCUT2D eigenvalue weighted by Crippen LogP contribution is -2.40. The fourth-order valence-electron chi connectivity index (χ4n) is 2.93. The first kappa shape index (κ1) is 15.0. The predicted octanol–water partition coefficient (Wildman–Crippen LogP) is 4.90. The molecule has 1 atom stereocenters. The molecule has 0 radical (unpaired) electrons. The van der Waals surface area contributed by atoms with Gasteiger partial charge in [0.1, 0.15) is 0 Å². The van der Waals surface area contributed by atoms with Crippen molar-refractivity contribution in [3.8, 4) is 0 Å². The van der Waals surface area contributed by atoms with E-state index in [2.05, 4.69) is 33.0 Å². The molecule has 1 N–H and O–H groups in total. The molecule has 0 aromatic heterocycles. The van der Waals surface area contributed by atoms with Crippen LogP contribution in [0.2, 0.25) is 0 Å². The Morgan fingerprint density at radius 1 is 1.12 bits per heavy atom. The second-order valence-corrected chi connectivity index (χ2v) is 6.86. The summed E-state index contributed by atoms with van der Waals surface area (Å²) in [5, 5.41) is 3.83. The summed E-state index contributed by atoms with van der Waals surface area (Å²) in [4.78, 5) is 0. The molecular weight excluding hydrogens is 206 g/mol. The zero-order valence-corrected chi connectivity index (χ0v) is 12.5. The van der Waals surface area contributed by atoms with Crippen molar-refractivity contribution in [2.45, 2.75) is 97.6 Å². The second kappa shape index (κ2) is 7.41. The van der Waals surface area contributed by atoms with Gasteiger partial charge in [-0.25, -0.2) is 0 Å². The molecule has 0 aromatic rings. The van der Waals surface area contributed by atoms with Crippen molar-refractivity contribution in [2.75, 3.05) is 0 Å². The molecule has 0 heterocycles. The van der Waals surface area contributed by atoms with Gasteiger partial charge in [-0.1, -0.05) is 46.5 Å². The number of rotatable bonds is 7. The highest BCUT2D eigenvalue weighted by Gasteiger charge is 2.26. The fourth-order valence-corrected chi connectivity index (χ4v) is 2.93. The summed E-state index contributed by atoms with van der Waals surface area (Å²) in [6.07, 6.45) is 12.5. The number of unbranched alkanes of at least 4 members (excludes halogenated alkanes) is 3. The van der Waals surface area contributed by atoms with E-state index in [9.17, 15) is 0 Å². The molecule has 17 heavy (non-hydrogen) atoms. The van der Waals surface area contributed by atoms with Crippen LogP contribution in [0.5, 0.6) is 0 Å². The Morgan fingerprint density at radius 2 is 1.76 bits per heavy atom. The van der Waals surface area contributed by atoms with Crippen molar-refractivity contribution in [3.63, 3.8) is 0 Å². The van der Waals surface area contributed by atoms with Crippen LogP contribution in [0.15, 0.2) is 0 Å². The number of hydrogen-bond acceptors (Lipinski definition) is 1. The van der Waals surface area contributed by atoms with Crippen molar-refractivity contribution in [3.05, 3.63) is 0 Å². The summed E-state index contributed by atoms with van der Waals surface area (Å²) in [6.45, 7) is 9.48. The summed E-state index contributed by atoms with van der Waals surface area (Å²) in [5.41, 5.74) is 0.600. The highest BCUT2D eigenvalue weighted by molar-refractivity contribution is 4.83. The molecular formula is C16H33N. The first-order valence-electron chi connectivity index (χ1n) is 7.79. The summed E-state index contributed by atoms with van der Waals surface area (Å²) < 4.78 is 0. The summed E-state index contributed by atoms with van der Waals surface area (Å²) in [7, 11) is 0. The van der Waals surface area contributed by atoms with Crippen molar-refractivity contribution in [2.24, 2.45) is 5.41 Å². The van der Waals surface area contributed by atoms with Gasteiger partial charge in [-0.05, 0) is 44.4 Å². The van der Waals surface area contributed by atoms with Crippen LogP contribution >= 0.6 is 0 Å². The van der Waals surface area contributed by atoms with Crippen molar-refractivity contribution in [1.29, 1.82) is 0 Å². The highest BCUT2D eigenvalue weighted by Crippen LogP contribution is 2.35. The van der Waals surface area contributed by atoms with E-state index < -0.39 is 0 Å². The van der Waals surface area contributed by atoms with E-state index in [1.165, 1.54) is 57.8 Å². The SMILES string of the molecule is CCCCCCC(C)NC1CCC(C)(C)CC1. The topological polar surface area (TPSA) is 12.0 Å². The van der Waals surface area contributed by atoms with Crippen molar-refractivity contribution < 1.29 is 0 Å². The minimum Gasteiger partial charge on any atom is -0.312 e. The van der Waals surface area contributed by atoms with Gasteiger partial charge in [0.05, 0.1) is 0 Å². The first-order valence-corrected chi connectivity index (χ1v) is 7.79. The third-order valence-electron chi connectivity index (χ3n) is 4.35. The molecule has 0 amide bonds. The van der Waals surface area contributed by atoms with Crippen LogP contribution < -0.4 is 5.32 Å². The van der Waals surface area contributed by atoms with E-state index >= 15 is 0 Å². The zero-order chi connectivity index (χ0) is 12.7. The van der Waals surface area contributed by atoms with Gasteiger partial charge in [0.2, 0.25) is 0 Å². The molecule has 0 saturated heterocycles. The van der Waals surface area contributed by atoms with E-state index in [0.29, 0.717) is 5.41 Å². The minimum atomic E-state index is 0.600. The van der Waals surface area contributed by atoms with Crippen molar-refractivity contribution in [1.82, 2.24) is 5.32 Å². The van der Waals surface area contributed by atoms with Gasteiger partial charge in [0.15, 0.2) is 0 Å². The lowest BCUT2D eigenvalue weighted by Gasteiger charge is -2.36. The van der Waals surface area contributed by atoms with Crippen LogP contribution in [-0.2, 0) is 0 Å². The Morgan fingerprint density at radius 3 is 2.35 bits per heavy atom. The summed E-state index contributed by atoms with van der Waals surface area (Å²) in [5.74, 6) is 0. The normalized spacial score (nSPS) is 22.6. The third kappa shape index (κ3) is 6.45. The number of nitrogens with one attached hydrogen (secondary N) is 1. The average molecular weight is 239 g/mol. The summed E-state index contributed by atoms with van der Waals surface area (Å²) >= 11 is 0. The molecule has 1 heteroatoms. The Hall–Kier alpha value is -0.0400. The van der Waals surface area contributed by atoms with Crippen LogP contribution in [0.1, 0.15) is 85.5 Å². The van der Waals surface area contributed by atoms with E-state index in [0.717, 1.165) is 12.1 Å². The standard InChI is InChI=1S/C16H33N/c1-5-6-7-8-9-14(2)17-15-10-12-16(3,4)13-11-15/h14-15,17H,5-13H2,1-4H3. The number of hydrogen-bond donors (Lipinski definition) is 1. The third-order valence-corrected chi connectivity index (χ3v) is 4.35. The average Bonchev–Trinajstić information content (AvgIpc) is 2.28.